The van der Waals surface area contributed by atoms with Crippen LogP contribution in [0.2, 0.25) is 0 Å². The molecule has 2 aliphatic carbocycles. The zero-order valence-electron chi connectivity index (χ0n) is 17.9. The fraction of sp³-hybridized carbons (Fsp3) is 0.435. The van der Waals surface area contributed by atoms with Gasteiger partial charge in [0, 0.05) is 31.9 Å². The number of carbonyl (C=O) groups excluding carboxylic acids is 2. The van der Waals surface area contributed by atoms with Crippen molar-refractivity contribution < 1.29 is 28.9 Å². The summed E-state index contributed by atoms with van der Waals surface area (Å²) in [6, 6.07) is 3.90. The van der Waals surface area contributed by atoms with Crippen LogP contribution < -0.4 is 10.7 Å². The molecule has 166 valence electrons. The Kier molecular flexibility index (Phi) is 7.12. The van der Waals surface area contributed by atoms with Crippen molar-refractivity contribution in [3.05, 3.63) is 56.6 Å². The Hall–Kier alpha value is -3.13. The molecule has 0 heterocycles. The number of rotatable bonds is 7. The van der Waals surface area contributed by atoms with Crippen molar-refractivity contribution in [3.8, 4) is 5.75 Å². The van der Waals surface area contributed by atoms with E-state index in [4.69, 9.17) is 14.2 Å². The van der Waals surface area contributed by atoms with Crippen molar-refractivity contribution in [2.75, 3.05) is 21.3 Å². The second-order valence-electron chi connectivity index (χ2n) is 7.47. The second-order valence-corrected chi connectivity index (χ2v) is 7.47. The number of carbonyl (C=O) groups is 2. The molecule has 0 bridgehead atoms. The van der Waals surface area contributed by atoms with Crippen molar-refractivity contribution in [1.82, 2.24) is 5.32 Å². The van der Waals surface area contributed by atoms with Gasteiger partial charge in [0.05, 0.1) is 20.3 Å². The van der Waals surface area contributed by atoms with Crippen LogP contribution in [0.3, 0.4) is 0 Å². The van der Waals surface area contributed by atoms with Crippen LogP contribution in [-0.2, 0) is 23.8 Å². The number of amides is 1. The fourth-order valence-corrected chi connectivity index (χ4v) is 4.24. The van der Waals surface area contributed by atoms with Crippen molar-refractivity contribution in [3.63, 3.8) is 0 Å². The summed E-state index contributed by atoms with van der Waals surface area (Å²) in [5, 5.41) is 13.0. The first-order chi connectivity index (χ1) is 14.9. The van der Waals surface area contributed by atoms with E-state index in [1.165, 1.54) is 12.1 Å². The summed E-state index contributed by atoms with van der Waals surface area (Å²) in [5.74, 6) is 0.381. The third-order valence-corrected chi connectivity index (χ3v) is 5.70. The summed E-state index contributed by atoms with van der Waals surface area (Å²) in [6.45, 7) is 0. The zero-order valence-corrected chi connectivity index (χ0v) is 17.9. The maximum atomic E-state index is 12.4. The fourth-order valence-electron chi connectivity index (χ4n) is 4.24. The number of hydrogen-bond acceptors (Lipinski definition) is 7. The zero-order chi connectivity index (χ0) is 22.5. The van der Waals surface area contributed by atoms with Crippen LogP contribution >= 0.6 is 0 Å². The van der Waals surface area contributed by atoms with Crippen molar-refractivity contribution >= 4 is 17.8 Å². The number of hydrogen-bond donors (Lipinski definition) is 2. The molecule has 31 heavy (non-hydrogen) atoms. The van der Waals surface area contributed by atoms with Gasteiger partial charge in [-0.25, -0.2) is 0 Å². The van der Waals surface area contributed by atoms with Crippen molar-refractivity contribution in [2.45, 2.75) is 44.2 Å². The minimum Gasteiger partial charge on any atom is -0.504 e. The number of fused-ring (bicyclic) bond motifs is 2. The Morgan fingerprint density at radius 1 is 1.26 bits per heavy atom. The van der Waals surface area contributed by atoms with E-state index in [0.717, 1.165) is 11.1 Å². The Labute approximate surface area is 180 Å². The molecule has 0 aliphatic heterocycles. The lowest BCUT2D eigenvalue weighted by molar-refractivity contribution is -0.123. The smallest absolute Gasteiger partial charge is 0.220 e. The molecule has 0 fully saturated rings. The molecule has 0 aromatic heterocycles. The highest BCUT2D eigenvalue weighted by atomic mass is 16.5. The van der Waals surface area contributed by atoms with Crippen LogP contribution in [0, 0.1) is 0 Å². The molecule has 1 amide bonds. The first-order valence-corrected chi connectivity index (χ1v) is 10.1. The average molecular weight is 429 g/mol. The van der Waals surface area contributed by atoms with Gasteiger partial charge in [-0.15, -0.1) is 0 Å². The van der Waals surface area contributed by atoms with Crippen LogP contribution in [0.4, 0.5) is 0 Å². The van der Waals surface area contributed by atoms with E-state index in [0.29, 0.717) is 48.2 Å². The summed E-state index contributed by atoms with van der Waals surface area (Å²) in [5.41, 5.74) is 2.54. The average Bonchev–Trinajstić information content (AvgIpc) is 3.00. The molecule has 0 radical (unpaired) electrons. The molecule has 0 saturated carbocycles. The molecule has 2 aliphatic rings. The molecule has 2 atom stereocenters. The van der Waals surface area contributed by atoms with Crippen LogP contribution in [0.25, 0.3) is 5.57 Å². The number of aldehydes is 1. The van der Waals surface area contributed by atoms with Crippen LogP contribution in [0.15, 0.2) is 40.1 Å². The van der Waals surface area contributed by atoms with Gasteiger partial charge >= 0.3 is 0 Å². The lowest BCUT2D eigenvalue weighted by Gasteiger charge is -2.29. The molecule has 2 unspecified atom stereocenters. The van der Waals surface area contributed by atoms with E-state index in [1.54, 1.807) is 27.4 Å². The van der Waals surface area contributed by atoms with Gasteiger partial charge < -0.3 is 29.4 Å². The topological polar surface area (TPSA) is 111 Å². The van der Waals surface area contributed by atoms with Gasteiger partial charge in [-0.2, -0.15) is 0 Å². The lowest BCUT2D eigenvalue weighted by Crippen LogP contribution is -2.29. The number of nitrogens with one attached hydrogen (secondary N) is 1. The molecule has 2 N–H and O–H groups in total. The van der Waals surface area contributed by atoms with Gasteiger partial charge in [0.1, 0.15) is 12.4 Å². The monoisotopic (exact) mass is 429 g/mol. The molecule has 8 nitrogen and oxygen atoms in total. The summed E-state index contributed by atoms with van der Waals surface area (Å²) in [6.07, 6.45) is 2.32. The largest absolute Gasteiger partial charge is 0.504 e. The molecule has 3 rings (SSSR count). The molecule has 8 heteroatoms. The van der Waals surface area contributed by atoms with Gasteiger partial charge in [-0.05, 0) is 36.1 Å². The maximum Gasteiger partial charge on any atom is 0.220 e. The number of allylic oxidation sites excluding steroid dienone is 1. The molecule has 0 saturated heterocycles. The Morgan fingerprint density at radius 3 is 2.68 bits per heavy atom. The summed E-state index contributed by atoms with van der Waals surface area (Å²) >= 11 is 0. The SMILES string of the molecule is COC1=C(OC)C(OC)CC2=C1c1ccc(O)c(=O)cc1C(NC(=O)CCC=O)CC2. The summed E-state index contributed by atoms with van der Waals surface area (Å²) in [7, 11) is 4.69. The molecule has 1 aromatic rings. The number of ether oxygens (including phenoxy) is 3. The Morgan fingerprint density at radius 2 is 2.03 bits per heavy atom. The predicted octanol–water partition coefficient (Wildman–Crippen LogP) is 2.36. The minimum absolute atomic E-state index is 0.0692. The van der Waals surface area contributed by atoms with Gasteiger partial charge in [-0.1, -0.05) is 11.6 Å². The summed E-state index contributed by atoms with van der Waals surface area (Å²) < 4.78 is 16.9. The van der Waals surface area contributed by atoms with Crippen molar-refractivity contribution in [1.29, 1.82) is 0 Å². The van der Waals surface area contributed by atoms with E-state index in [-0.39, 0.29) is 30.6 Å². The van der Waals surface area contributed by atoms with Gasteiger partial charge in [0.15, 0.2) is 17.3 Å². The third-order valence-electron chi connectivity index (χ3n) is 5.70. The quantitative estimate of drug-likeness (QED) is 0.640. The predicted molar refractivity (Wildman–Crippen MR) is 113 cm³/mol. The van der Waals surface area contributed by atoms with Crippen LogP contribution in [0.1, 0.15) is 49.3 Å². The van der Waals surface area contributed by atoms with Gasteiger partial charge in [0.25, 0.3) is 0 Å². The van der Waals surface area contributed by atoms with Gasteiger partial charge in [-0.3, -0.25) is 9.59 Å². The first-order valence-electron chi connectivity index (χ1n) is 10.1. The Bertz CT molecular complexity index is 996. The molecular weight excluding hydrogens is 402 g/mol. The molecule has 0 spiro atoms. The normalized spacial score (nSPS) is 20.4. The summed E-state index contributed by atoms with van der Waals surface area (Å²) in [4.78, 5) is 35.4. The highest BCUT2D eigenvalue weighted by Gasteiger charge is 2.36. The van der Waals surface area contributed by atoms with E-state index in [1.807, 2.05) is 0 Å². The maximum absolute atomic E-state index is 12.4. The van der Waals surface area contributed by atoms with Crippen molar-refractivity contribution in [2.24, 2.45) is 0 Å². The van der Waals surface area contributed by atoms with E-state index < -0.39 is 11.5 Å². The van der Waals surface area contributed by atoms with E-state index in [9.17, 15) is 19.5 Å². The van der Waals surface area contributed by atoms with Crippen LogP contribution in [0.5, 0.6) is 5.75 Å². The molecular formula is C23H27NO7. The first kappa shape index (κ1) is 22.6. The van der Waals surface area contributed by atoms with E-state index >= 15 is 0 Å². The van der Waals surface area contributed by atoms with E-state index in [2.05, 4.69) is 5.32 Å². The lowest BCUT2D eigenvalue weighted by atomic mass is 9.87. The highest BCUT2D eigenvalue weighted by molar-refractivity contribution is 5.85. The second kappa shape index (κ2) is 9.78. The Balaban J connectivity index is 2.19. The van der Waals surface area contributed by atoms with Gasteiger partial charge in [0.2, 0.25) is 11.3 Å². The number of aromatic hydroxyl groups is 1. The number of methoxy groups -OCH3 is 3. The molecule has 1 aromatic carbocycles. The van der Waals surface area contributed by atoms with Crippen LogP contribution in [-0.4, -0.2) is 44.7 Å². The third kappa shape index (κ3) is 4.49. The minimum atomic E-state index is -0.544. The highest BCUT2D eigenvalue weighted by Crippen LogP contribution is 2.45. The standard InChI is InChI=1S/C23H27NO7/c1-29-19-11-13-6-8-16(24-20(28)5-4-10-25)15-12-18(27)17(26)9-7-14(15)21(13)23(31-3)22(19)30-2/h7,9-10,12,16,19H,4-6,8,11H2,1-3H3,(H,24,28)(H,26,27).